The van der Waals surface area contributed by atoms with Crippen molar-refractivity contribution in [1.82, 2.24) is 9.62 Å². The van der Waals surface area contributed by atoms with Gasteiger partial charge in [-0.3, -0.25) is 4.79 Å². The fourth-order valence-corrected chi connectivity index (χ4v) is 4.53. The summed E-state index contributed by atoms with van der Waals surface area (Å²) in [5, 5.41) is 2.78. The van der Waals surface area contributed by atoms with Gasteiger partial charge < -0.3 is 5.32 Å². The molecule has 0 spiro atoms. The van der Waals surface area contributed by atoms with Crippen LogP contribution in [0.2, 0.25) is 0 Å². The molecule has 2 rings (SSSR count). The first-order chi connectivity index (χ1) is 12.3. The van der Waals surface area contributed by atoms with E-state index in [1.165, 1.54) is 0 Å². The van der Waals surface area contributed by atoms with Crippen molar-refractivity contribution in [3.8, 4) is 0 Å². The highest BCUT2D eigenvalue weighted by atomic mass is 32.2. The number of halogens is 3. The first-order valence-corrected chi connectivity index (χ1v) is 10.2. The van der Waals surface area contributed by atoms with E-state index in [1.54, 1.807) is 0 Å². The summed E-state index contributed by atoms with van der Waals surface area (Å²) in [5.41, 5.74) is -1.07. The van der Waals surface area contributed by atoms with Crippen LogP contribution in [-0.2, 0) is 21.0 Å². The summed E-state index contributed by atoms with van der Waals surface area (Å²) >= 11 is 0. The second-order valence-corrected chi connectivity index (χ2v) is 9.82. The average molecular weight is 406 g/mol. The maximum absolute atomic E-state index is 12.9. The Labute approximate surface area is 158 Å². The number of piperidine rings is 1. The number of hydrogen-bond acceptors (Lipinski definition) is 3. The van der Waals surface area contributed by atoms with Gasteiger partial charge in [-0.05, 0) is 42.5 Å². The Bertz CT molecular complexity index is 769. The van der Waals surface area contributed by atoms with Crippen LogP contribution in [0.25, 0.3) is 0 Å². The Hall–Kier alpha value is -1.61. The van der Waals surface area contributed by atoms with Gasteiger partial charge in [-0.15, -0.1) is 0 Å². The maximum atomic E-state index is 12.9. The molecule has 1 fully saturated rings. The van der Waals surface area contributed by atoms with Crippen molar-refractivity contribution in [2.24, 2.45) is 5.41 Å². The number of sulfonamides is 1. The summed E-state index contributed by atoms with van der Waals surface area (Å²) in [4.78, 5) is 12.3. The number of alkyl halides is 3. The quantitative estimate of drug-likeness (QED) is 0.833. The third-order valence-corrected chi connectivity index (χ3v) is 6.26. The van der Waals surface area contributed by atoms with E-state index in [0.29, 0.717) is 25.8 Å². The zero-order valence-electron chi connectivity index (χ0n) is 15.6. The number of nitrogens with zero attached hydrogens (tertiary/aromatic N) is 1. The smallest absolute Gasteiger partial charge is 0.354 e. The van der Waals surface area contributed by atoms with Gasteiger partial charge in [0.2, 0.25) is 15.9 Å². The second-order valence-electron chi connectivity index (χ2n) is 7.93. The average Bonchev–Trinajstić information content (AvgIpc) is 2.58. The first kappa shape index (κ1) is 21.7. The van der Waals surface area contributed by atoms with Crippen molar-refractivity contribution in [1.29, 1.82) is 0 Å². The minimum absolute atomic E-state index is 0.151. The largest absolute Gasteiger partial charge is 0.416 e. The van der Waals surface area contributed by atoms with Crippen LogP contribution >= 0.6 is 0 Å². The van der Waals surface area contributed by atoms with Crippen LogP contribution in [-0.4, -0.2) is 37.8 Å². The third kappa shape index (κ3) is 5.44. The molecule has 1 saturated heterocycles. The number of rotatable bonds is 4. The molecule has 1 amide bonds. The monoisotopic (exact) mass is 406 g/mol. The van der Waals surface area contributed by atoms with E-state index in [-0.39, 0.29) is 22.8 Å². The molecule has 5 nitrogen and oxygen atoms in total. The van der Waals surface area contributed by atoms with E-state index in [9.17, 15) is 26.4 Å². The SMILES string of the molecule is CC(C)(C)CNC(=O)[C@H]1CCCCN1S(=O)(=O)c1ccc(C(F)(F)F)cc1. The molecule has 1 aromatic rings. The van der Waals surface area contributed by atoms with Crippen molar-refractivity contribution in [2.75, 3.05) is 13.1 Å². The molecule has 1 N–H and O–H groups in total. The summed E-state index contributed by atoms with van der Waals surface area (Å²) in [6.07, 6.45) is -2.84. The molecule has 0 unspecified atom stereocenters. The van der Waals surface area contributed by atoms with Gasteiger partial charge in [0.15, 0.2) is 0 Å². The van der Waals surface area contributed by atoms with Crippen LogP contribution in [0, 0.1) is 5.41 Å². The van der Waals surface area contributed by atoms with Crippen LogP contribution in [0.3, 0.4) is 0 Å². The minimum Gasteiger partial charge on any atom is -0.354 e. The lowest BCUT2D eigenvalue weighted by molar-refractivity contribution is -0.137. The van der Waals surface area contributed by atoms with Gasteiger partial charge in [-0.2, -0.15) is 17.5 Å². The molecule has 1 atom stereocenters. The summed E-state index contributed by atoms with van der Waals surface area (Å²) in [6, 6.07) is 2.51. The van der Waals surface area contributed by atoms with Gasteiger partial charge in [-0.1, -0.05) is 27.2 Å². The maximum Gasteiger partial charge on any atom is 0.416 e. The van der Waals surface area contributed by atoms with E-state index in [4.69, 9.17) is 0 Å². The lowest BCUT2D eigenvalue weighted by atomic mass is 9.96. The number of amides is 1. The normalized spacial score (nSPS) is 19.7. The van der Waals surface area contributed by atoms with E-state index in [0.717, 1.165) is 28.6 Å². The van der Waals surface area contributed by atoms with E-state index < -0.39 is 27.8 Å². The van der Waals surface area contributed by atoms with Gasteiger partial charge >= 0.3 is 6.18 Å². The van der Waals surface area contributed by atoms with E-state index in [1.807, 2.05) is 20.8 Å². The lowest BCUT2D eigenvalue weighted by Gasteiger charge is -2.34. The fourth-order valence-electron chi connectivity index (χ4n) is 2.88. The van der Waals surface area contributed by atoms with Crippen LogP contribution in [0.1, 0.15) is 45.6 Å². The summed E-state index contributed by atoms with van der Waals surface area (Å²) in [6.45, 7) is 6.41. The number of hydrogen-bond donors (Lipinski definition) is 1. The van der Waals surface area contributed by atoms with Crippen molar-refractivity contribution < 1.29 is 26.4 Å². The number of carbonyl (C=O) groups excluding carboxylic acids is 1. The van der Waals surface area contributed by atoms with Crippen LogP contribution in [0.15, 0.2) is 29.2 Å². The minimum atomic E-state index is -4.54. The molecule has 9 heteroatoms. The Morgan fingerprint density at radius 1 is 1.15 bits per heavy atom. The number of nitrogens with one attached hydrogen (secondary N) is 1. The zero-order valence-corrected chi connectivity index (χ0v) is 16.5. The second kappa shape index (κ2) is 7.79. The molecule has 1 aromatic carbocycles. The zero-order chi connectivity index (χ0) is 20.5. The predicted molar refractivity (Wildman–Crippen MR) is 95.4 cm³/mol. The Balaban J connectivity index is 2.25. The van der Waals surface area contributed by atoms with Crippen molar-refractivity contribution in [2.45, 2.75) is 57.1 Å². The molecule has 0 saturated carbocycles. The highest BCUT2D eigenvalue weighted by molar-refractivity contribution is 7.89. The summed E-state index contributed by atoms with van der Waals surface area (Å²) in [5.74, 6) is -0.375. The van der Waals surface area contributed by atoms with Crippen LogP contribution < -0.4 is 5.32 Å². The molecule has 1 aliphatic rings. The van der Waals surface area contributed by atoms with Crippen LogP contribution in [0.5, 0.6) is 0 Å². The van der Waals surface area contributed by atoms with Gasteiger partial charge in [0.25, 0.3) is 0 Å². The molecule has 0 aliphatic carbocycles. The Kier molecular flexibility index (Phi) is 6.26. The molecular weight excluding hydrogens is 381 g/mol. The highest BCUT2D eigenvalue weighted by Crippen LogP contribution is 2.31. The van der Waals surface area contributed by atoms with Crippen LogP contribution in [0.4, 0.5) is 13.2 Å². The molecule has 0 bridgehead atoms. The molecule has 0 aromatic heterocycles. The number of benzene rings is 1. The first-order valence-electron chi connectivity index (χ1n) is 8.79. The predicted octanol–water partition coefficient (Wildman–Crippen LogP) is 3.41. The fraction of sp³-hybridized carbons (Fsp3) is 0.611. The lowest BCUT2D eigenvalue weighted by Crippen LogP contribution is -2.52. The molecule has 27 heavy (non-hydrogen) atoms. The standard InChI is InChI=1S/C18H25F3N2O3S/c1-17(2,3)12-22-16(24)15-6-4-5-11-23(15)27(25,26)14-9-7-13(8-10-14)18(19,20)21/h7-10,15H,4-6,11-12H2,1-3H3,(H,22,24)/t15-/m1/s1. The van der Waals surface area contributed by atoms with Gasteiger partial charge in [0.1, 0.15) is 6.04 Å². The van der Waals surface area contributed by atoms with Gasteiger partial charge in [-0.25, -0.2) is 8.42 Å². The molecule has 152 valence electrons. The van der Waals surface area contributed by atoms with Gasteiger partial charge in [0.05, 0.1) is 10.5 Å². The summed E-state index contributed by atoms with van der Waals surface area (Å²) in [7, 11) is -4.07. The van der Waals surface area contributed by atoms with E-state index >= 15 is 0 Å². The Morgan fingerprint density at radius 3 is 2.26 bits per heavy atom. The molecule has 0 radical (unpaired) electrons. The van der Waals surface area contributed by atoms with Crippen molar-refractivity contribution in [3.63, 3.8) is 0 Å². The third-order valence-electron chi connectivity index (χ3n) is 4.34. The molecule has 1 heterocycles. The Morgan fingerprint density at radius 2 is 1.74 bits per heavy atom. The summed E-state index contributed by atoms with van der Waals surface area (Å²) < 4.78 is 65.1. The van der Waals surface area contributed by atoms with Gasteiger partial charge in [0, 0.05) is 13.1 Å². The molecular formula is C18H25F3N2O3S. The van der Waals surface area contributed by atoms with Crippen molar-refractivity contribution >= 4 is 15.9 Å². The molecule has 1 aliphatic heterocycles. The van der Waals surface area contributed by atoms with E-state index in [2.05, 4.69) is 5.32 Å². The topological polar surface area (TPSA) is 66.5 Å². The highest BCUT2D eigenvalue weighted by Gasteiger charge is 2.38. The number of carbonyl (C=O) groups is 1. The van der Waals surface area contributed by atoms with Crippen molar-refractivity contribution in [3.05, 3.63) is 29.8 Å².